The summed E-state index contributed by atoms with van der Waals surface area (Å²) in [5, 5.41) is 7.02. The fourth-order valence-electron chi connectivity index (χ4n) is 2.62. The quantitative estimate of drug-likeness (QED) is 0.852. The molecule has 1 atom stereocenters. The summed E-state index contributed by atoms with van der Waals surface area (Å²) in [4.78, 5) is 12.7. The SMILES string of the molecule is CCC1(C(=O)Nc2cc(Cl)c(C)cc2Br)CCCNC1. The number of aryl methyl sites for hydroxylation is 1. The fraction of sp³-hybridized carbons (Fsp3) is 0.533. The lowest BCUT2D eigenvalue weighted by Crippen LogP contribution is -2.47. The van der Waals surface area contributed by atoms with E-state index < -0.39 is 0 Å². The van der Waals surface area contributed by atoms with E-state index in [1.54, 1.807) is 6.07 Å². The number of halogens is 2. The number of hydrogen-bond acceptors (Lipinski definition) is 2. The van der Waals surface area contributed by atoms with Crippen LogP contribution in [0.25, 0.3) is 0 Å². The lowest BCUT2D eigenvalue weighted by molar-refractivity contribution is -0.126. The van der Waals surface area contributed by atoms with E-state index >= 15 is 0 Å². The van der Waals surface area contributed by atoms with Gasteiger partial charge in [-0.15, -0.1) is 0 Å². The predicted octanol–water partition coefficient (Wildman–Crippen LogP) is 4.13. The average molecular weight is 360 g/mol. The third kappa shape index (κ3) is 3.18. The second kappa shape index (κ2) is 6.46. The summed E-state index contributed by atoms with van der Waals surface area (Å²) in [6.07, 6.45) is 2.81. The minimum Gasteiger partial charge on any atom is -0.324 e. The van der Waals surface area contributed by atoms with Crippen LogP contribution in [0.4, 0.5) is 5.69 Å². The van der Waals surface area contributed by atoms with Crippen molar-refractivity contribution >= 4 is 39.1 Å². The topological polar surface area (TPSA) is 41.1 Å². The lowest BCUT2D eigenvalue weighted by atomic mass is 9.77. The van der Waals surface area contributed by atoms with E-state index in [0.29, 0.717) is 5.02 Å². The second-order valence-corrected chi connectivity index (χ2v) is 6.71. The number of rotatable bonds is 3. The van der Waals surface area contributed by atoms with Crippen LogP contribution in [0.5, 0.6) is 0 Å². The molecule has 0 aromatic heterocycles. The van der Waals surface area contributed by atoms with Crippen LogP contribution in [0.2, 0.25) is 5.02 Å². The summed E-state index contributed by atoms with van der Waals surface area (Å²) in [7, 11) is 0. The van der Waals surface area contributed by atoms with E-state index in [4.69, 9.17) is 11.6 Å². The Labute approximate surface area is 133 Å². The molecular weight excluding hydrogens is 340 g/mol. The first-order valence-electron chi connectivity index (χ1n) is 6.96. The smallest absolute Gasteiger partial charge is 0.231 e. The van der Waals surface area contributed by atoms with Crippen molar-refractivity contribution in [1.82, 2.24) is 5.32 Å². The molecule has 1 aliphatic rings. The maximum absolute atomic E-state index is 12.7. The normalized spacial score (nSPS) is 22.6. The first-order chi connectivity index (χ1) is 9.48. The van der Waals surface area contributed by atoms with Crippen molar-refractivity contribution in [3.05, 3.63) is 27.2 Å². The van der Waals surface area contributed by atoms with Crippen molar-refractivity contribution in [1.29, 1.82) is 0 Å². The van der Waals surface area contributed by atoms with Gasteiger partial charge in [-0.2, -0.15) is 0 Å². The van der Waals surface area contributed by atoms with Crippen LogP contribution < -0.4 is 10.6 Å². The summed E-state index contributed by atoms with van der Waals surface area (Å²) < 4.78 is 0.864. The Morgan fingerprint density at radius 1 is 1.55 bits per heavy atom. The van der Waals surface area contributed by atoms with Crippen LogP contribution in [0.15, 0.2) is 16.6 Å². The van der Waals surface area contributed by atoms with Crippen molar-refractivity contribution in [2.45, 2.75) is 33.1 Å². The van der Waals surface area contributed by atoms with Gasteiger partial charge < -0.3 is 10.6 Å². The Kier molecular flexibility index (Phi) is 5.10. The zero-order chi connectivity index (χ0) is 14.8. The molecule has 1 aromatic rings. The zero-order valence-corrected chi connectivity index (χ0v) is 14.2. The minimum absolute atomic E-state index is 0.0767. The van der Waals surface area contributed by atoms with Crippen molar-refractivity contribution in [2.75, 3.05) is 18.4 Å². The van der Waals surface area contributed by atoms with Gasteiger partial charge in [0.05, 0.1) is 11.1 Å². The third-order valence-electron chi connectivity index (χ3n) is 4.13. The summed E-state index contributed by atoms with van der Waals surface area (Å²) >= 11 is 9.62. The molecule has 0 spiro atoms. The number of carbonyl (C=O) groups excluding carboxylic acids is 1. The number of piperidine rings is 1. The van der Waals surface area contributed by atoms with Crippen LogP contribution in [0.3, 0.4) is 0 Å². The first kappa shape index (κ1) is 15.8. The molecule has 1 unspecified atom stereocenters. The van der Waals surface area contributed by atoms with Crippen LogP contribution in [0.1, 0.15) is 31.7 Å². The van der Waals surface area contributed by atoms with E-state index in [2.05, 4.69) is 33.5 Å². The van der Waals surface area contributed by atoms with Crippen LogP contribution in [0, 0.1) is 12.3 Å². The Bertz CT molecular complexity index is 513. The number of benzene rings is 1. The number of carbonyl (C=O) groups is 1. The molecule has 0 bridgehead atoms. The standard InChI is InChI=1S/C15H20BrClN2O/c1-3-15(5-4-6-18-9-15)14(20)19-13-8-12(17)10(2)7-11(13)16/h7-8,18H,3-6,9H2,1-2H3,(H,19,20). The monoisotopic (exact) mass is 358 g/mol. The van der Waals surface area contributed by atoms with Gasteiger partial charge in [0.15, 0.2) is 0 Å². The molecule has 1 saturated heterocycles. The molecule has 5 heteroatoms. The maximum Gasteiger partial charge on any atom is 0.231 e. The molecule has 0 radical (unpaired) electrons. The van der Waals surface area contributed by atoms with E-state index in [0.717, 1.165) is 48.1 Å². The highest BCUT2D eigenvalue weighted by molar-refractivity contribution is 9.10. The molecule has 1 heterocycles. The van der Waals surface area contributed by atoms with Crippen molar-refractivity contribution in [2.24, 2.45) is 5.41 Å². The highest BCUT2D eigenvalue weighted by atomic mass is 79.9. The minimum atomic E-state index is -0.310. The molecular formula is C15H20BrClN2O. The van der Waals surface area contributed by atoms with Gasteiger partial charge in [-0.05, 0) is 66.4 Å². The Hall–Kier alpha value is -0.580. The van der Waals surface area contributed by atoms with Crippen molar-refractivity contribution < 1.29 is 4.79 Å². The van der Waals surface area contributed by atoms with Crippen LogP contribution in [-0.4, -0.2) is 19.0 Å². The van der Waals surface area contributed by atoms with Crippen molar-refractivity contribution in [3.8, 4) is 0 Å². The molecule has 20 heavy (non-hydrogen) atoms. The number of anilines is 1. The molecule has 0 saturated carbocycles. The molecule has 2 rings (SSSR count). The van der Waals surface area contributed by atoms with Crippen LogP contribution >= 0.6 is 27.5 Å². The first-order valence-corrected chi connectivity index (χ1v) is 8.13. The van der Waals surface area contributed by atoms with Gasteiger partial charge in [0.2, 0.25) is 5.91 Å². The number of amides is 1. The zero-order valence-electron chi connectivity index (χ0n) is 11.9. The molecule has 0 aliphatic carbocycles. The Morgan fingerprint density at radius 2 is 2.30 bits per heavy atom. The molecule has 1 aliphatic heterocycles. The fourth-order valence-corrected chi connectivity index (χ4v) is 3.34. The van der Waals surface area contributed by atoms with Gasteiger partial charge in [0, 0.05) is 16.0 Å². The van der Waals surface area contributed by atoms with Gasteiger partial charge in [-0.1, -0.05) is 18.5 Å². The molecule has 2 N–H and O–H groups in total. The summed E-state index contributed by atoms with van der Waals surface area (Å²) in [6.45, 7) is 5.75. The van der Waals surface area contributed by atoms with Gasteiger partial charge in [-0.25, -0.2) is 0 Å². The third-order valence-corrected chi connectivity index (χ3v) is 5.19. The number of hydrogen-bond donors (Lipinski definition) is 2. The van der Waals surface area contributed by atoms with Gasteiger partial charge in [-0.3, -0.25) is 4.79 Å². The summed E-state index contributed by atoms with van der Waals surface area (Å²) in [5.41, 5.74) is 1.42. The van der Waals surface area contributed by atoms with E-state index in [9.17, 15) is 4.79 Å². The second-order valence-electron chi connectivity index (χ2n) is 5.45. The summed E-state index contributed by atoms with van der Waals surface area (Å²) in [5.74, 6) is 0.0767. The maximum atomic E-state index is 12.7. The Balaban J connectivity index is 2.20. The van der Waals surface area contributed by atoms with Crippen LogP contribution in [-0.2, 0) is 4.79 Å². The Morgan fingerprint density at radius 3 is 2.90 bits per heavy atom. The highest BCUT2D eigenvalue weighted by Gasteiger charge is 2.38. The molecule has 1 aromatic carbocycles. The van der Waals surface area contributed by atoms with Gasteiger partial charge >= 0.3 is 0 Å². The molecule has 110 valence electrons. The highest BCUT2D eigenvalue weighted by Crippen LogP contribution is 2.34. The molecule has 1 amide bonds. The molecule has 3 nitrogen and oxygen atoms in total. The lowest BCUT2D eigenvalue weighted by Gasteiger charge is -2.35. The predicted molar refractivity (Wildman–Crippen MR) is 87.3 cm³/mol. The van der Waals surface area contributed by atoms with Gasteiger partial charge in [0.25, 0.3) is 0 Å². The average Bonchev–Trinajstić information content (AvgIpc) is 2.45. The van der Waals surface area contributed by atoms with E-state index in [1.165, 1.54) is 0 Å². The molecule has 1 fully saturated rings. The largest absolute Gasteiger partial charge is 0.324 e. The van der Waals surface area contributed by atoms with E-state index in [1.807, 2.05) is 13.0 Å². The number of nitrogens with one attached hydrogen (secondary N) is 2. The van der Waals surface area contributed by atoms with Crippen molar-refractivity contribution in [3.63, 3.8) is 0 Å². The van der Waals surface area contributed by atoms with Gasteiger partial charge in [0.1, 0.15) is 0 Å². The summed E-state index contributed by atoms with van der Waals surface area (Å²) in [6, 6.07) is 3.73. The van der Waals surface area contributed by atoms with E-state index in [-0.39, 0.29) is 11.3 Å².